The first kappa shape index (κ1) is 19.5. The number of para-hydroxylation sites is 1. The summed E-state index contributed by atoms with van der Waals surface area (Å²) in [7, 11) is 7.04. The monoisotopic (exact) mass is 412 g/mol. The third kappa shape index (κ3) is 2.43. The van der Waals surface area contributed by atoms with Gasteiger partial charge < -0.3 is 9.47 Å². The van der Waals surface area contributed by atoms with Crippen molar-refractivity contribution in [3.63, 3.8) is 0 Å². The van der Waals surface area contributed by atoms with Gasteiger partial charge in [0.2, 0.25) is 11.8 Å². The lowest BCUT2D eigenvalue weighted by molar-refractivity contribution is 0.355. The second-order valence-corrected chi connectivity index (χ2v) is 7.13. The fraction of sp³-hybridized carbons (Fsp3) is 0.300. The Morgan fingerprint density at radius 3 is 2.00 bits per heavy atom. The highest BCUT2D eigenvalue weighted by Crippen LogP contribution is 2.45. The molecule has 3 heterocycles. The van der Waals surface area contributed by atoms with Gasteiger partial charge in [-0.1, -0.05) is 18.2 Å². The first-order valence-electron chi connectivity index (χ1n) is 9.11. The Bertz CT molecular complexity index is 1440. The Morgan fingerprint density at radius 2 is 1.37 bits per heavy atom. The number of fused-ring (bicyclic) bond motifs is 2. The van der Waals surface area contributed by atoms with Gasteiger partial charge in [0.25, 0.3) is 11.1 Å². The van der Waals surface area contributed by atoms with Gasteiger partial charge in [0, 0.05) is 33.8 Å². The van der Waals surface area contributed by atoms with Crippen LogP contribution in [0.1, 0.15) is 22.6 Å². The van der Waals surface area contributed by atoms with E-state index >= 15 is 0 Å². The van der Waals surface area contributed by atoms with Crippen LogP contribution in [0.25, 0.3) is 0 Å². The zero-order valence-electron chi connectivity index (χ0n) is 17.1. The average Bonchev–Trinajstić information content (AvgIpc) is 2.75. The number of nitrogens with zero attached hydrogens (tertiary/aromatic N) is 4. The van der Waals surface area contributed by atoms with E-state index in [0.29, 0.717) is 11.3 Å². The molecule has 0 radical (unpaired) electrons. The van der Waals surface area contributed by atoms with Crippen LogP contribution in [0.15, 0.2) is 43.4 Å². The van der Waals surface area contributed by atoms with E-state index in [9.17, 15) is 19.2 Å². The molecule has 0 aliphatic carbocycles. The number of methoxy groups -OCH3 is 1. The minimum absolute atomic E-state index is 0.0339. The average molecular weight is 412 g/mol. The minimum Gasteiger partial charge on any atom is -0.482 e. The van der Waals surface area contributed by atoms with Crippen molar-refractivity contribution < 1.29 is 9.47 Å². The van der Waals surface area contributed by atoms with Crippen LogP contribution >= 0.6 is 0 Å². The predicted octanol–water partition coefficient (Wildman–Crippen LogP) is -0.224. The van der Waals surface area contributed by atoms with Gasteiger partial charge in [0.15, 0.2) is 0 Å². The molecule has 156 valence electrons. The smallest absolute Gasteiger partial charge is 0.333 e. The fourth-order valence-corrected chi connectivity index (χ4v) is 3.94. The summed E-state index contributed by atoms with van der Waals surface area (Å²) < 4.78 is 15.7. The van der Waals surface area contributed by atoms with E-state index in [1.807, 2.05) is 0 Å². The highest BCUT2D eigenvalue weighted by molar-refractivity contribution is 5.57. The SMILES string of the molecule is COc1c([C@H]2c3ccccc3Oc3c2c(=O)n(C)c(=O)n3C)c(=O)n(C)c(=O)n1C. The van der Waals surface area contributed by atoms with Crippen LogP contribution in [0.4, 0.5) is 0 Å². The molecule has 3 aromatic rings. The van der Waals surface area contributed by atoms with Gasteiger partial charge in [0.05, 0.1) is 24.2 Å². The Balaban J connectivity index is 2.25. The number of aromatic nitrogens is 4. The summed E-state index contributed by atoms with van der Waals surface area (Å²) >= 11 is 0. The molecule has 4 rings (SSSR count). The van der Waals surface area contributed by atoms with Crippen molar-refractivity contribution in [1.29, 1.82) is 0 Å². The standard InChI is InChI=1S/C20H20N4O6/c1-21-15(25)13(17(29-5)23(3)19(21)27)12-10-8-6-7-9-11(10)30-18-14(12)16(26)22(2)20(28)24(18)4/h6-9,12H,1-5H3/t12-/m1/s1. The first-order valence-corrected chi connectivity index (χ1v) is 9.11. The van der Waals surface area contributed by atoms with Crippen molar-refractivity contribution in [2.75, 3.05) is 7.11 Å². The van der Waals surface area contributed by atoms with Gasteiger partial charge in [-0.15, -0.1) is 0 Å². The lowest BCUT2D eigenvalue weighted by Gasteiger charge is -2.29. The number of hydrogen-bond acceptors (Lipinski definition) is 6. The van der Waals surface area contributed by atoms with Crippen LogP contribution in [0.5, 0.6) is 17.5 Å². The predicted molar refractivity (Wildman–Crippen MR) is 108 cm³/mol. The second-order valence-electron chi connectivity index (χ2n) is 7.13. The molecule has 0 amide bonds. The molecule has 10 nitrogen and oxygen atoms in total. The van der Waals surface area contributed by atoms with Crippen LogP contribution in [-0.4, -0.2) is 25.4 Å². The Morgan fingerprint density at radius 1 is 0.800 bits per heavy atom. The van der Waals surface area contributed by atoms with Crippen LogP contribution in [-0.2, 0) is 28.2 Å². The molecule has 0 unspecified atom stereocenters. The maximum atomic E-state index is 13.2. The molecule has 0 bridgehead atoms. The van der Waals surface area contributed by atoms with Crippen LogP contribution in [0.2, 0.25) is 0 Å². The molecule has 0 spiro atoms. The maximum absolute atomic E-state index is 13.2. The van der Waals surface area contributed by atoms with Crippen molar-refractivity contribution in [2.24, 2.45) is 28.2 Å². The van der Waals surface area contributed by atoms with E-state index in [-0.39, 0.29) is 22.9 Å². The van der Waals surface area contributed by atoms with Gasteiger partial charge in [-0.25, -0.2) is 9.59 Å². The van der Waals surface area contributed by atoms with E-state index in [1.54, 1.807) is 24.3 Å². The summed E-state index contributed by atoms with van der Waals surface area (Å²) in [6.45, 7) is 0. The topological polar surface area (TPSA) is 106 Å². The molecular weight excluding hydrogens is 392 g/mol. The van der Waals surface area contributed by atoms with E-state index < -0.39 is 28.4 Å². The van der Waals surface area contributed by atoms with Crippen molar-refractivity contribution in [3.8, 4) is 17.5 Å². The molecule has 0 saturated carbocycles. The highest BCUT2D eigenvalue weighted by atomic mass is 16.5. The molecule has 1 aliphatic rings. The van der Waals surface area contributed by atoms with Crippen LogP contribution in [0, 0.1) is 0 Å². The van der Waals surface area contributed by atoms with Gasteiger partial charge >= 0.3 is 11.4 Å². The summed E-state index contributed by atoms with van der Waals surface area (Å²) in [6.07, 6.45) is 0. The summed E-state index contributed by atoms with van der Waals surface area (Å²) in [5.74, 6) is -0.427. The van der Waals surface area contributed by atoms with Gasteiger partial charge in [0.1, 0.15) is 5.75 Å². The summed E-state index contributed by atoms with van der Waals surface area (Å²) in [4.78, 5) is 51.3. The third-order valence-corrected chi connectivity index (χ3v) is 5.50. The van der Waals surface area contributed by atoms with Gasteiger partial charge in [-0.05, 0) is 6.07 Å². The van der Waals surface area contributed by atoms with Crippen molar-refractivity contribution >= 4 is 0 Å². The molecule has 1 aromatic carbocycles. The molecule has 0 N–H and O–H groups in total. The Labute approximate surface area is 169 Å². The molecule has 2 aromatic heterocycles. The molecule has 0 fully saturated rings. The molecule has 1 atom stereocenters. The number of hydrogen-bond donors (Lipinski definition) is 0. The molecule has 1 aliphatic heterocycles. The molecular formula is C20H20N4O6. The van der Waals surface area contributed by atoms with Gasteiger partial charge in [-0.3, -0.25) is 27.9 Å². The third-order valence-electron chi connectivity index (χ3n) is 5.50. The van der Waals surface area contributed by atoms with E-state index in [1.165, 1.54) is 44.4 Å². The van der Waals surface area contributed by atoms with Crippen molar-refractivity contribution in [2.45, 2.75) is 5.92 Å². The normalized spacial score (nSPS) is 14.6. The first-order chi connectivity index (χ1) is 14.2. The summed E-state index contributed by atoms with van der Waals surface area (Å²) in [5, 5.41) is 0. The Kier molecular flexibility index (Phi) is 4.30. The zero-order chi connectivity index (χ0) is 21.9. The highest BCUT2D eigenvalue weighted by Gasteiger charge is 2.38. The largest absolute Gasteiger partial charge is 0.482 e. The van der Waals surface area contributed by atoms with Crippen molar-refractivity contribution in [1.82, 2.24) is 18.3 Å². The molecule has 10 heteroatoms. The number of ether oxygens (including phenoxy) is 2. The van der Waals surface area contributed by atoms with Crippen LogP contribution in [0.3, 0.4) is 0 Å². The lowest BCUT2D eigenvalue weighted by Crippen LogP contribution is -2.44. The minimum atomic E-state index is -0.907. The van der Waals surface area contributed by atoms with Crippen LogP contribution < -0.4 is 32.0 Å². The van der Waals surface area contributed by atoms with E-state index in [0.717, 1.165) is 9.13 Å². The summed E-state index contributed by atoms with van der Waals surface area (Å²) in [5.41, 5.74) is -1.53. The Hall–Kier alpha value is -3.82. The molecule has 30 heavy (non-hydrogen) atoms. The van der Waals surface area contributed by atoms with Crippen molar-refractivity contribution in [3.05, 3.63) is 82.6 Å². The maximum Gasteiger partial charge on any atom is 0.333 e. The number of rotatable bonds is 2. The second kappa shape index (κ2) is 6.61. The van der Waals surface area contributed by atoms with Gasteiger partial charge in [-0.2, -0.15) is 0 Å². The quantitative estimate of drug-likeness (QED) is 0.451. The molecule has 0 saturated heterocycles. The zero-order valence-corrected chi connectivity index (χ0v) is 17.1. The lowest BCUT2D eigenvalue weighted by atomic mass is 9.84. The number of benzene rings is 1. The van der Waals surface area contributed by atoms with E-state index in [4.69, 9.17) is 9.47 Å². The summed E-state index contributed by atoms with van der Waals surface area (Å²) in [6, 6.07) is 6.92. The van der Waals surface area contributed by atoms with E-state index in [2.05, 4.69) is 0 Å². The fourth-order valence-electron chi connectivity index (χ4n) is 3.94.